The highest BCUT2D eigenvalue weighted by Crippen LogP contribution is 2.16. The van der Waals surface area contributed by atoms with Crippen molar-refractivity contribution in [3.63, 3.8) is 0 Å². The molecule has 0 aliphatic carbocycles. The fourth-order valence-electron chi connectivity index (χ4n) is 7.51. The van der Waals surface area contributed by atoms with E-state index in [2.05, 4.69) is 32.9 Å². The minimum absolute atomic E-state index is 0.0915. The number of rotatable bonds is 47. The number of allylic oxidation sites excluding steroid dienone is 2. The minimum atomic E-state index is -0.526. The Morgan fingerprint density at radius 2 is 0.696 bits per heavy atom. The largest absolute Gasteiger partial charge is 0.462 e. The molecule has 0 fully saturated rings. The van der Waals surface area contributed by atoms with Crippen molar-refractivity contribution in [1.29, 1.82) is 0 Å². The number of unbranched alkanes of at least 4 members (excludes halogenated alkanes) is 34. The summed E-state index contributed by atoms with van der Waals surface area (Å²) in [5, 5.41) is 0. The maximum absolute atomic E-state index is 12.7. The lowest BCUT2D eigenvalue weighted by molar-refractivity contribution is -0.163. The average molecular weight is 791 g/mol. The molecule has 0 saturated carbocycles. The summed E-state index contributed by atoms with van der Waals surface area (Å²) in [4.78, 5) is 25.3. The second-order valence-electron chi connectivity index (χ2n) is 17.1. The van der Waals surface area contributed by atoms with E-state index < -0.39 is 6.10 Å². The Kier molecular flexibility index (Phi) is 46.8. The maximum Gasteiger partial charge on any atom is 0.306 e. The Balaban J connectivity index is 4.12. The molecule has 0 spiro atoms. The molecule has 0 N–H and O–H groups in total. The number of hydrogen-bond acceptors (Lipinski definition) is 5. The lowest BCUT2D eigenvalue weighted by Gasteiger charge is -2.18. The van der Waals surface area contributed by atoms with Crippen LogP contribution in [-0.2, 0) is 23.8 Å². The SMILES string of the molecule is CCCCCCCC/C=C\CCCCCCCCCC(=O)OCC(COCCCCCCCCCC)OC(=O)CCCCCCCCCCCCCCCCC. The van der Waals surface area contributed by atoms with Gasteiger partial charge in [0.25, 0.3) is 0 Å². The number of carbonyl (C=O) groups is 2. The van der Waals surface area contributed by atoms with E-state index in [0.29, 0.717) is 26.1 Å². The topological polar surface area (TPSA) is 61.8 Å². The van der Waals surface area contributed by atoms with Crippen molar-refractivity contribution in [2.75, 3.05) is 19.8 Å². The lowest BCUT2D eigenvalue weighted by Crippen LogP contribution is -2.30. The first-order chi connectivity index (χ1) is 27.6. The van der Waals surface area contributed by atoms with Crippen LogP contribution < -0.4 is 0 Å². The summed E-state index contributed by atoms with van der Waals surface area (Å²) in [7, 11) is 0. The van der Waals surface area contributed by atoms with E-state index in [4.69, 9.17) is 14.2 Å². The molecule has 1 atom stereocenters. The monoisotopic (exact) mass is 791 g/mol. The number of ether oxygens (including phenoxy) is 3. The van der Waals surface area contributed by atoms with Crippen molar-refractivity contribution < 1.29 is 23.8 Å². The summed E-state index contributed by atoms with van der Waals surface area (Å²) in [6.45, 7) is 7.86. The van der Waals surface area contributed by atoms with Crippen LogP contribution in [0.25, 0.3) is 0 Å². The minimum Gasteiger partial charge on any atom is -0.462 e. The van der Waals surface area contributed by atoms with Crippen LogP contribution in [0.5, 0.6) is 0 Å². The predicted octanol–water partition coefficient (Wildman–Crippen LogP) is 16.7. The molecule has 0 aromatic carbocycles. The second-order valence-corrected chi connectivity index (χ2v) is 17.1. The second kappa shape index (κ2) is 48.0. The molecular weight excluding hydrogens is 693 g/mol. The molecule has 0 aromatic rings. The van der Waals surface area contributed by atoms with E-state index in [1.165, 1.54) is 212 Å². The van der Waals surface area contributed by atoms with Crippen molar-refractivity contribution in [2.24, 2.45) is 0 Å². The van der Waals surface area contributed by atoms with Gasteiger partial charge < -0.3 is 14.2 Å². The van der Waals surface area contributed by atoms with E-state index in [-0.39, 0.29) is 18.5 Å². The van der Waals surface area contributed by atoms with Crippen LogP contribution >= 0.6 is 0 Å². The Morgan fingerprint density at radius 1 is 0.375 bits per heavy atom. The molecule has 5 nitrogen and oxygen atoms in total. The molecule has 0 bridgehead atoms. The van der Waals surface area contributed by atoms with Crippen molar-refractivity contribution in [2.45, 2.75) is 284 Å². The molecule has 0 aliphatic rings. The zero-order chi connectivity index (χ0) is 40.7. The third-order valence-electron chi connectivity index (χ3n) is 11.3. The van der Waals surface area contributed by atoms with Crippen LogP contribution in [0.2, 0.25) is 0 Å². The van der Waals surface area contributed by atoms with Gasteiger partial charge in [-0.1, -0.05) is 232 Å². The third-order valence-corrected chi connectivity index (χ3v) is 11.3. The van der Waals surface area contributed by atoms with Crippen LogP contribution in [0.15, 0.2) is 12.2 Å². The summed E-state index contributed by atoms with van der Waals surface area (Å²) in [5.41, 5.74) is 0. The van der Waals surface area contributed by atoms with Crippen LogP contribution in [0.3, 0.4) is 0 Å². The quantitative estimate of drug-likeness (QED) is 0.0349. The summed E-state index contributed by atoms with van der Waals surface area (Å²) in [6.07, 6.45) is 53.6. The van der Waals surface area contributed by atoms with Crippen LogP contribution in [0.4, 0.5) is 0 Å². The lowest BCUT2D eigenvalue weighted by atomic mass is 10.0. The van der Waals surface area contributed by atoms with E-state index in [0.717, 1.165) is 32.1 Å². The van der Waals surface area contributed by atoms with Gasteiger partial charge in [0.2, 0.25) is 0 Å². The third kappa shape index (κ3) is 45.3. The van der Waals surface area contributed by atoms with Crippen molar-refractivity contribution in [1.82, 2.24) is 0 Å². The van der Waals surface area contributed by atoms with Gasteiger partial charge in [-0.25, -0.2) is 0 Å². The zero-order valence-corrected chi connectivity index (χ0v) is 38.2. The number of hydrogen-bond donors (Lipinski definition) is 0. The molecule has 0 aliphatic heterocycles. The highest BCUT2D eigenvalue weighted by molar-refractivity contribution is 5.70. The smallest absolute Gasteiger partial charge is 0.306 e. The highest BCUT2D eigenvalue weighted by atomic mass is 16.6. The maximum atomic E-state index is 12.7. The first-order valence-corrected chi connectivity index (χ1v) is 25.2. The van der Waals surface area contributed by atoms with Gasteiger partial charge in [0.05, 0.1) is 6.61 Å². The normalized spacial score (nSPS) is 12.1. The average Bonchev–Trinajstić information content (AvgIpc) is 3.20. The Morgan fingerprint density at radius 3 is 1.09 bits per heavy atom. The molecule has 56 heavy (non-hydrogen) atoms. The zero-order valence-electron chi connectivity index (χ0n) is 38.2. The van der Waals surface area contributed by atoms with Gasteiger partial charge in [0.15, 0.2) is 6.10 Å². The van der Waals surface area contributed by atoms with Gasteiger partial charge in [-0.05, 0) is 44.9 Å². The number of esters is 2. The molecule has 0 radical (unpaired) electrons. The first-order valence-electron chi connectivity index (χ1n) is 25.2. The molecule has 0 aromatic heterocycles. The summed E-state index contributed by atoms with van der Waals surface area (Å²) >= 11 is 0. The fraction of sp³-hybridized carbons (Fsp3) is 0.922. The van der Waals surface area contributed by atoms with E-state index in [1.807, 2.05) is 0 Å². The van der Waals surface area contributed by atoms with Crippen LogP contribution in [0.1, 0.15) is 278 Å². The van der Waals surface area contributed by atoms with Gasteiger partial charge in [0, 0.05) is 19.4 Å². The standard InChI is InChI=1S/C51H98O5/c1-4-7-10-13-16-19-21-23-25-26-28-29-31-33-35-38-41-44-50(52)55-48-49(47-54-46-43-40-37-18-15-12-9-6-3)56-51(53)45-42-39-36-34-32-30-27-24-22-20-17-14-11-8-5-2/h23,25,49H,4-22,24,26-48H2,1-3H3/b25-23-. The molecule has 1 unspecified atom stereocenters. The van der Waals surface area contributed by atoms with Crippen molar-refractivity contribution >= 4 is 11.9 Å². The van der Waals surface area contributed by atoms with E-state index in [1.54, 1.807) is 0 Å². The molecule has 5 heteroatoms. The van der Waals surface area contributed by atoms with Gasteiger partial charge >= 0.3 is 11.9 Å². The number of carbonyl (C=O) groups excluding carboxylic acids is 2. The molecule has 0 amide bonds. The molecule has 0 saturated heterocycles. The summed E-state index contributed by atoms with van der Waals surface area (Å²) < 4.78 is 17.3. The van der Waals surface area contributed by atoms with E-state index in [9.17, 15) is 9.59 Å². The predicted molar refractivity (Wildman–Crippen MR) is 242 cm³/mol. The van der Waals surface area contributed by atoms with Crippen molar-refractivity contribution in [3.8, 4) is 0 Å². The highest BCUT2D eigenvalue weighted by Gasteiger charge is 2.17. The van der Waals surface area contributed by atoms with Gasteiger partial charge in [-0.3, -0.25) is 9.59 Å². The first kappa shape index (κ1) is 54.6. The Hall–Kier alpha value is -1.36. The molecule has 332 valence electrons. The van der Waals surface area contributed by atoms with Crippen molar-refractivity contribution in [3.05, 3.63) is 12.2 Å². The summed E-state index contributed by atoms with van der Waals surface area (Å²) in [5.74, 6) is -0.384. The van der Waals surface area contributed by atoms with E-state index >= 15 is 0 Å². The van der Waals surface area contributed by atoms with Crippen LogP contribution in [0, 0.1) is 0 Å². The molecule has 0 heterocycles. The fourth-order valence-corrected chi connectivity index (χ4v) is 7.51. The van der Waals surface area contributed by atoms with Gasteiger partial charge in [-0.15, -0.1) is 0 Å². The molecule has 0 rings (SSSR count). The molecular formula is C51H98O5. The summed E-state index contributed by atoms with van der Waals surface area (Å²) in [6, 6.07) is 0. The Bertz CT molecular complexity index is 810. The van der Waals surface area contributed by atoms with Crippen LogP contribution in [-0.4, -0.2) is 37.9 Å². The van der Waals surface area contributed by atoms with Gasteiger partial charge in [0.1, 0.15) is 6.61 Å². The Labute approximate surface area is 350 Å². The van der Waals surface area contributed by atoms with Gasteiger partial charge in [-0.2, -0.15) is 0 Å².